The number of hydrogen-bond acceptors (Lipinski definition) is 3. The van der Waals surface area contributed by atoms with Crippen LogP contribution >= 0.6 is 11.6 Å². The molecule has 0 spiro atoms. The van der Waals surface area contributed by atoms with E-state index in [4.69, 9.17) is 11.6 Å². The zero-order valence-electron chi connectivity index (χ0n) is 13.8. The van der Waals surface area contributed by atoms with Crippen LogP contribution in [0.1, 0.15) is 25.7 Å². The van der Waals surface area contributed by atoms with E-state index in [1.165, 1.54) is 24.3 Å². The summed E-state index contributed by atoms with van der Waals surface area (Å²) in [4.78, 5) is -0.100. The SMILES string of the molecule is O=S(=O)(N[C@H]1CC[C@H](O)CC1)c1ccc(-c2ccc(F)cc2F)cc1Cl. The van der Waals surface area contributed by atoms with Crippen molar-refractivity contribution in [3.8, 4) is 11.1 Å². The molecule has 0 radical (unpaired) electrons. The number of benzene rings is 2. The Morgan fingerprint density at radius 2 is 1.73 bits per heavy atom. The van der Waals surface area contributed by atoms with Gasteiger partial charge in [0.25, 0.3) is 0 Å². The van der Waals surface area contributed by atoms with Crippen LogP contribution in [0.15, 0.2) is 41.3 Å². The van der Waals surface area contributed by atoms with Crippen LogP contribution in [0, 0.1) is 11.6 Å². The average Bonchev–Trinajstić information content (AvgIpc) is 2.56. The molecule has 2 aromatic carbocycles. The van der Waals surface area contributed by atoms with E-state index >= 15 is 0 Å². The first-order chi connectivity index (χ1) is 12.3. The molecule has 26 heavy (non-hydrogen) atoms. The highest BCUT2D eigenvalue weighted by Gasteiger charge is 2.26. The molecule has 1 aliphatic carbocycles. The third-order valence-corrected chi connectivity index (χ3v) is 6.49. The van der Waals surface area contributed by atoms with E-state index in [1.54, 1.807) is 0 Å². The van der Waals surface area contributed by atoms with Crippen molar-refractivity contribution in [3.05, 3.63) is 53.1 Å². The second-order valence-electron chi connectivity index (χ2n) is 6.40. The Kier molecular flexibility index (Phi) is 5.62. The fourth-order valence-electron chi connectivity index (χ4n) is 3.09. The Bertz CT molecular complexity index is 913. The molecule has 0 atom stereocenters. The molecule has 1 fully saturated rings. The summed E-state index contributed by atoms with van der Waals surface area (Å²) in [7, 11) is -3.84. The number of rotatable bonds is 4. The van der Waals surface area contributed by atoms with Gasteiger partial charge in [-0.1, -0.05) is 17.7 Å². The smallest absolute Gasteiger partial charge is 0.242 e. The molecular weight excluding hydrogens is 384 g/mol. The van der Waals surface area contributed by atoms with E-state index in [9.17, 15) is 22.3 Å². The van der Waals surface area contributed by atoms with Crippen LogP contribution < -0.4 is 4.72 Å². The molecule has 2 aromatic rings. The Hall–Kier alpha value is -1.54. The maximum atomic E-state index is 13.9. The molecule has 0 amide bonds. The lowest BCUT2D eigenvalue weighted by Gasteiger charge is -2.26. The van der Waals surface area contributed by atoms with Crippen LogP contribution in [0.4, 0.5) is 8.78 Å². The van der Waals surface area contributed by atoms with Gasteiger partial charge in [-0.3, -0.25) is 0 Å². The number of aliphatic hydroxyl groups is 1. The third kappa shape index (κ3) is 4.23. The Balaban J connectivity index is 1.84. The standard InChI is InChI=1S/C18H18ClF2NO3S/c19-16-9-11(15-7-2-12(20)10-17(15)21)1-8-18(16)26(24,25)22-13-3-5-14(23)6-4-13/h1-2,7-10,13-14,22-23H,3-6H2/t13-,14-. The van der Waals surface area contributed by atoms with Crippen molar-refractivity contribution in [2.24, 2.45) is 0 Å². The van der Waals surface area contributed by atoms with Gasteiger partial charge in [0.1, 0.15) is 16.5 Å². The average molecular weight is 402 g/mol. The van der Waals surface area contributed by atoms with Crippen LogP contribution in [-0.2, 0) is 10.0 Å². The molecule has 1 aliphatic rings. The summed E-state index contributed by atoms with van der Waals surface area (Å²) in [6, 6.07) is 6.98. The van der Waals surface area contributed by atoms with Crippen LogP contribution in [0.2, 0.25) is 5.02 Å². The van der Waals surface area contributed by atoms with Gasteiger partial charge in [-0.15, -0.1) is 0 Å². The fourth-order valence-corrected chi connectivity index (χ4v) is 4.94. The van der Waals surface area contributed by atoms with Gasteiger partial charge in [0.05, 0.1) is 11.1 Å². The van der Waals surface area contributed by atoms with Crippen molar-refractivity contribution in [1.29, 1.82) is 0 Å². The minimum atomic E-state index is -3.84. The van der Waals surface area contributed by atoms with Gasteiger partial charge in [0.15, 0.2) is 0 Å². The van der Waals surface area contributed by atoms with Crippen molar-refractivity contribution in [2.75, 3.05) is 0 Å². The normalized spacial score (nSPS) is 20.9. The van der Waals surface area contributed by atoms with Crippen molar-refractivity contribution in [1.82, 2.24) is 4.72 Å². The molecular formula is C18H18ClF2NO3S. The third-order valence-electron chi connectivity index (χ3n) is 4.48. The van der Waals surface area contributed by atoms with E-state index in [-0.39, 0.29) is 27.6 Å². The van der Waals surface area contributed by atoms with Gasteiger partial charge in [0, 0.05) is 17.7 Å². The second-order valence-corrected chi connectivity index (χ2v) is 8.49. The molecule has 0 aromatic heterocycles. The Morgan fingerprint density at radius 1 is 1.04 bits per heavy atom. The lowest BCUT2D eigenvalue weighted by molar-refractivity contribution is 0.120. The molecule has 0 heterocycles. The highest BCUT2D eigenvalue weighted by molar-refractivity contribution is 7.89. The van der Waals surface area contributed by atoms with Crippen molar-refractivity contribution in [3.63, 3.8) is 0 Å². The molecule has 1 saturated carbocycles. The van der Waals surface area contributed by atoms with Gasteiger partial charge >= 0.3 is 0 Å². The summed E-state index contributed by atoms with van der Waals surface area (Å²) in [5, 5.41) is 9.47. The van der Waals surface area contributed by atoms with E-state index in [0.29, 0.717) is 31.2 Å². The maximum absolute atomic E-state index is 13.9. The molecule has 4 nitrogen and oxygen atoms in total. The Morgan fingerprint density at radius 3 is 2.35 bits per heavy atom. The summed E-state index contributed by atoms with van der Waals surface area (Å²) in [5.74, 6) is -1.45. The van der Waals surface area contributed by atoms with E-state index in [0.717, 1.165) is 12.1 Å². The first-order valence-electron chi connectivity index (χ1n) is 8.21. The van der Waals surface area contributed by atoms with Crippen LogP contribution in [0.25, 0.3) is 11.1 Å². The summed E-state index contributed by atoms with van der Waals surface area (Å²) in [6.07, 6.45) is 1.81. The summed E-state index contributed by atoms with van der Waals surface area (Å²) in [6.45, 7) is 0. The predicted molar refractivity (Wildman–Crippen MR) is 95.4 cm³/mol. The summed E-state index contributed by atoms with van der Waals surface area (Å²) < 4.78 is 54.7. The molecule has 8 heteroatoms. The van der Waals surface area contributed by atoms with Gasteiger partial charge in [0.2, 0.25) is 10.0 Å². The van der Waals surface area contributed by atoms with Crippen LogP contribution in [0.3, 0.4) is 0 Å². The van der Waals surface area contributed by atoms with E-state index in [2.05, 4.69) is 4.72 Å². The van der Waals surface area contributed by atoms with Crippen LogP contribution in [0.5, 0.6) is 0 Å². The highest BCUT2D eigenvalue weighted by Crippen LogP contribution is 2.31. The lowest BCUT2D eigenvalue weighted by Crippen LogP contribution is -2.38. The van der Waals surface area contributed by atoms with Gasteiger partial charge < -0.3 is 5.11 Å². The first kappa shape index (κ1) is 19.2. The molecule has 0 aliphatic heterocycles. The molecule has 0 saturated heterocycles. The largest absolute Gasteiger partial charge is 0.393 e. The van der Waals surface area contributed by atoms with E-state index < -0.39 is 21.7 Å². The monoisotopic (exact) mass is 401 g/mol. The quantitative estimate of drug-likeness (QED) is 0.817. The van der Waals surface area contributed by atoms with Crippen molar-refractivity contribution in [2.45, 2.75) is 42.7 Å². The lowest BCUT2D eigenvalue weighted by atomic mass is 9.94. The molecule has 0 bridgehead atoms. The van der Waals surface area contributed by atoms with Gasteiger partial charge in [-0.05, 0) is 55.5 Å². The zero-order chi connectivity index (χ0) is 18.9. The van der Waals surface area contributed by atoms with Crippen molar-refractivity contribution >= 4 is 21.6 Å². The number of nitrogens with one attached hydrogen (secondary N) is 1. The maximum Gasteiger partial charge on any atom is 0.242 e. The summed E-state index contributed by atoms with van der Waals surface area (Å²) >= 11 is 6.13. The number of aliphatic hydroxyl groups excluding tert-OH is 1. The first-order valence-corrected chi connectivity index (χ1v) is 10.1. The number of sulfonamides is 1. The second kappa shape index (κ2) is 7.60. The van der Waals surface area contributed by atoms with E-state index in [1.807, 2.05) is 0 Å². The summed E-state index contributed by atoms with van der Waals surface area (Å²) in [5.41, 5.74) is 0.485. The number of hydrogen-bond donors (Lipinski definition) is 2. The zero-order valence-corrected chi connectivity index (χ0v) is 15.3. The minimum absolute atomic E-state index is 0.0467. The van der Waals surface area contributed by atoms with Gasteiger partial charge in [-0.25, -0.2) is 21.9 Å². The van der Waals surface area contributed by atoms with Gasteiger partial charge in [-0.2, -0.15) is 0 Å². The minimum Gasteiger partial charge on any atom is -0.393 e. The topological polar surface area (TPSA) is 66.4 Å². The molecule has 2 N–H and O–H groups in total. The predicted octanol–water partition coefficient (Wildman–Crippen LogP) is 3.87. The highest BCUT2D eigenvalue weighted by atomic mass is 35.5. The Labute approximate surface area is 155 Å². The molecule has 3 rings (SSSR count). The van der Waals surface area contributed by atoms with Crippen LogP contribution in [-0.4, -0.2) is 25.7 Å². The molecule has 0 unspecified atom stereocenters. The number of halogens is 3. The van der Waals surface area contributed by atoms with Crippen molar-refractivity contribution < 1.29 is 22.3 Å². The fraction of sp³-hybridized carbons (Fsp3) is 0.333. The molecule has 140 valence electrons.